The van der Waals surface area contributed by atoms with Gasteiger partial charge in [-0.3, -0.25) is 0 Å². The van der Waals surface area contributed by atoms with E-state index in [9.17, 15) is 13.0 Å². The Balaban J connectivity index is 2.88. The lowest BCUT2D eigenvalue weighted by Crippen LogP contribution is -2.17. The summed E-state index contributed by atoms with van der Waals surface area (Å²) in [6, 6.07) is 0. The van der Waals surface area contributed by atoms with Crippen molar-refractivity contribution < 1.29 is 13.0 Å². The van der Waals surface area contributed by atoms with Gasteiger partial charge >= 0.3 is 4.34 Å². The topological polar surface area (TPSA) is 83.0 Å². The zero-order chi connectivity index (χ0) is 13.1. The van der Waals surface area contributed by atoms with Crippen LogP contribution in [0.1, 0.15) is 33.6 Å². The summed E-state index contributed by atoms with van der Waals surface area (Å²) >= 11 is -0.347. The van der Waals surface area contributed by atoms with E-state index in [2.05, 4.69) is 10.2 Å². The Bertz CT molecular complexity index is 458. The van der Waals surface area contributed by atoms with Gasteiger partial charge < -0.3 is 4.55 Å². The molecule has 0 aliphatic heterocycles. The first kappa shape index (κ1) is 14.9. The average Bonchev–Trinajstić information content (AvgIpc) is 2.78. The summed E-state index contributed by atoms with van der Waals surface area (Å²) in [5.74, 6) is -0.0151. The van der Waals surface area contributed by atoms with Crippen LogP contribution in [0.15, 0.2) is 8.68 Å². The standard InChI is InChI=1S/C9H16N2O3S3/c1-4-6-7(3)16(12)8-10-11-9(15-8)17(13,14)5-2/h7H,4-6H2,1-3H3. The fraction of sp³-hybridized carbons (Fsp3) is 0.778. The molecule has 1 rings (SSSR count). The Kier molecular flexibility index (Phi) is 5.36. The van der Waals surface area contributed by atoms with E-state index < -0.39 is 21.0 Å². The van der Waals surface area contributed by atoms with Crippen LogP contribution in [-0.2, 0) is 21.0 Å². The molecule has 0 N–H and O–H groups in total. The lowest BCUT2D eigenvalue weighted by Gasteiger charge is -2.13. The number of sulfone groups is 1. The molecular weight excluding hydrogens is 280 g/mol. The first-order chi connectivity index (χ1) is 7.92. The number of rotatable bonds is 6. The van der Waals surface area contributed by atoms with E-state index in [-0.39, 0.29) is 15.3 Å². The van der Waals surface area contributed by atoms with E-state index in [1.807, 2.05) is 13.8 Å². The predicted octanol–water partition coefficient (Wildman–Crippen LogP) is 1.63. The predicted molar refractivity (Wildman–Crippen MR) is 68.4 cm³/mol. The molecule has 0 radical (unpaired) electrons. The smallest absolute Gasteiger partial charge is 0.323 e. The quantitative estimate of drug-likeness (QED) is 0.745. The van der Waals surface area contributed by atoms with Crippen LogP contribution in [0.4, 0.5) is 0 Å². The minimum atomic E-state index is -3.34. The summed E-state index contributed by atoms with van der Waals surface area (Å²) in [7, 11) is -3.34. The second-order valence-electron chi connectivity index (χ2n) is 3.63. The van der Waals surface area contributed by atoms with E-state index in [4.69, 9.17) is 0 Å². The molecule has 0 saturated carbocycles. The molecule has 0 spiro atoms. The molecule has 5 nitrogen and oxygen atoms in total. The molecule has 0 aliphatic rings. The molecule has 0 bridgehead atoms. The van der Waals surface area contributed by atoms with E-state index >= 15 is 0 Å². The maximum absolute atomic E-state index is 12.0. The lowest BCUT2D eigenvalue weighted by atomic mass is 10.3. The third kappa shape index (κ3) is 3.64. The van der Waals surface area contributed by atoms with Crippen molar-refractivity contribution in [3.8, 4) is 0 Å². The molecule has 0 fully saturated rings. The van der Waals surface area contributed by atoms with Crippen molar-refractivity contribution in [2.75, 3.05) is 5.75 Å². The highest BCUT2D eigenvalue weighted by Gasteiger charge is 2.27. The summed E-state index contributed by atoms with van der Waals surface area (Å²) in [5.41, 5.74) is 0. The normalized spacial score (nSPS) is 15.8. The fourth-order valence-corrected chi connectivity index (χ4v) is 5.17. The Hall–Kier alpha value is -0.180. The number of aromatic nitrogens is 2. The summed E-state index contributed by atoms with van der Waals surface area (Å²) < 4.78 is 35.3. The van der Waals surface area contributed by atoms with Crippen LogP contribution in [0, 0.1) is 0 Å². The monoisotopic (exact) mass is 296 g/mol. The van der Waals surface area contributed by atoms with Gasteiger partial charge in [-0.15, -0.1) is 5.10 Å². The van der Waals surface area contributed by atoms with Gasteiger partial charge in [-0.1, -0.05) is 25.4 Å². The van der Waals surface area contributed by atoms with Crippen LogP contribution in [0.3, 0.4) is 0 Å². The molecule has 98 valence electrons. The summed E-state index contributed by atoms with van der Waals surface area (Å²) in [6.07, 6.45) is 1.76. The maximum Gasteiger partial charge on any atom is 0.323 e. The first-order valence-electron chi connectivity index (χ1n) is 5.39. The Morgan fingerprint density at radius 2 is 2.06 bits per heavy atom. The van der Waals surface area contributed by atoms with Crippen molar-refractivity contribution >= 4 is 32.3 Å². The highest BCUT2D eigenvalue weighted by atomic mass is 32.3. The molecule has 1 aromatic heterocycles. The van der Waals surface area contributed by atoms with E-state index in [0.717, 1.165) is 24.2 Å². The van der Waals surface area contributed by atoms with Crippen molar-refractivity contribution in [2.45, 2.75) is 47.5 Å². The maximum atomic E-state index is 12.0. The van der Waals surface area contributed by atoms with Crippen molar-refractivity contribution in [1.29, 1.82) is 0 Å². The lowest BCUT2D eigenvalue weighted by molar-refractivity contribution is 0.572. The van der Waals surface area contributed by atoms with Gasteiger partial charge in [0, 0.05) is 11.2 Å². The van der Waals surface area contributed by atoms with Crippen molar-refractivity contribution in [3.63, 3.8) is 0 Å². The van der Waals surface area contributed by atoms with Crippen LogP contribution >= 0.6 is 11.3 Å². The number of nitrogens with zero attached hydrogens (tertiary/aromatic N) is 2. The van der Waals surface area contributed by atoms with Crippen LogP contribution in [0.5, 0.6) is 0 Å². The number of hydrogen-bond acceptors (Lipinski definition) is 6. The molecular formula is C9H16N2O3S3. The minimum Gasteiger partial charge on any atom is -0.609 e. The largest absolute Gasteiger partial charge is 0.609 e. The van der Waals surface area contributed by atoms with E-state index in [0.29, 0.717) is 4.34 Å². The van der Waals surface area contributed by atoms with Crippen LogP contribution in [-0.4, -0.2) is 34.2 Å². The number of hydrogen-bond donors (Lipinski definition) is 0. The molecule has 2 atom stereocenters. The summed E-state index contributed by atoms with van der Waals surface area (Å²) in [6.45, 7) is 5.43. The van der Waals surface area contributed by atoms with E-state index in [1.54, 1.807) is 6.92 Å². The van der Waals surface area contributed by atoms with Gasteiger partial charge in [-0.2, -0.15) is 0 Å². The van der Waals surface area contributed by atoms with E-state index in [1.165, 1.54) is 0 Å². The molecule has 0 amide bonds. The minimum absolute atomic E-state index is 0.0151. The third-order valence-corrected chi connectivity index (χ3v) is 7.30. The molecule has 8 heteroatoms. The van der Waals surface area contributed by atoms with Gasteiger partial charge in [0.15, 0.2) is 0 Å². The van der Waals surface area contributed by atoms with Crippen LogP contribution in [0.25, 0.3) is 0 Å². The molecule has 0 aromatic carbocycles. The average molecular weight is 296 g/mol. The Labute approximate surface area is 109 Å². The first-order valence-corrected chi connectivity index (χ1v) is 9.07. The highest BCUT2D eigenvalue weighted by molar-refractivity contribution is 7.96. The third-order valence-electron chi connectivity index (χ3n) is 2.27. The Morgan fingerprint density at radius 3 is 2.59 bits per heavy atom. The van der Waals surface area contributed by atoms with Gasteiger partial charge in [0.2, 0.25) is 14.2 Å². The SMILES string of the molecule is CCCC(C)[S+]([O-])c1nnc(S(=O)(=O)CC)s1. The second kappa shape index (κ2) is 6.12. The van der Waals surface area contributed by atoms with Crippen molar-refractivity contribution in [2.24, 2.45) is 0 Å². The van der Waals surface area contributed by atoms with Gasteiger partial charge in [0.25, 0.3) is 0 Å². The van der Waals surface area contributed by atoms with Crippen molar-refractivity contribution in [1.82, 2.24) is 10.2 Å². The molecule has 1 aromatic rings. The zero-order valence-electron chi connectivity index (χ0n) is 10.0. The summed E-state index contributed by atoms with van der Waals surface area (Å²) in [5, 5.41) is 7.31. The molecule has 0 aliphatic carbocycles. The van der Waals surface area contributed by atoms with Gasteiger partial charge in [0.05, 0.1) is 5.75 Å². The fourth-order valence-electron chi connectivity index (χ4n) is 1.21. The Morgan fingerprint density at radius 1 is 1.41 bits per heavy atom. The van der Waals surface area contributed by atoms with Gasteiger partial charge in [-0.05, 0) is 24.7 Å². The van der Waals surface area contributed by atoms with Crippen LogP contribution < -0.4 is 0 Å². The van der Waals surface area contributed by atoms with Crippen molar-refractivity contribution in [3.05, 3.63) is 0 Å². The molecule has 17 heavy (non-hydrogen) atoms. The van der Waals surface area contributed by atoms with Gasteiger partial charge in [0.1, 0.15) is 5.25 Å². The van der Waals surface area contributed by atoms with Crippen LogP contribution in [0.2, 0.25) is 0 Å². The zero-order valence-corrected chi connectivity index (χ0v) is 12.5. The second-order valence-corrected chi connectivity index (χ2v) is 9.11. The molecule has 1 heterocycles. The molecule has 0 saturated heterocycles. The van der Waals surface area contributed by atoms with Gasteiger partial charge in [-0.25, -0.2) is 8.42 Å². The summed E-state index contributed by atoms with van der Waals surface area (Å²) in [4.78, 5) is 0. The molecule has 2 unspecified atom stereocenters. The highest BCUT2D eigenvalue weighted by Crippen LogP contribution is 2.25.